The van der Waals surface area contributed by atoms with E-state index in [1.54, 1.807) is 26.8 Å². The molecular weight excluding hydrogens is 217 g/mol. The van der Waals surface area contributed by atoms with Gasteiger partial charge in [0.1, 0.15) is 11.8 Å². The summed E-state index contributed by atoms with van der Waals surface area (Å²) in [5.74, 6) is 0. The molecule has 0 bridgehead atoms. The average molecular weight is 228 g/mol. The van der Waals surface area contributed by atoms with Crippen LogP contribution in [0.3, 0.4) is 0 Å². The number of hydrogen-bond donors (Lipinski definition) is 0. The zero-order chi connectivity index (χ0) is 12.6. The van der Waals surface area contributed by atoms with E-state index in [0.29, 0.717) is 0 Å². The van der Waals surface area contributed by atoms with Crippen LogP contribution in [0.4, 0.5) is 13.2 Å². The molecule has 0 saturated heterocycles. The molecule has 5 heteroatoms. The molecule has 0 atom stereocenters. The first-order chi connectivity index (χ1) is 7.16. The lowest BCUT2D eigenvalue weighted by molar-refractivity contribution is -0.142. The zero-order valence-corrected chi connectivity index (χ0v) is 9.18. The minimum Gasteiger partial charge on any atom is -0.250 e. The van der Waals surface area contributed by atoms with E-state index in [1.807, 2.05) is 0 Å². The van der Waals surface area contributed by atoms with Gasteiger partial charge >= 0.3 is 6.18 Å². The molecular formula is C11H11F3N2. The third-order valence-electron chi connectivity index (χ3n) is 2.09. The Balaban J connectivity index is 3.47. The summed E-state index contributed by atoms with van der Waals surface area (Å²) in [6, 6.07) is 3.03. The summed E-state index contributed by atoms with van der Waals surface area (Å²) < 4.78 is 38.0. The summed E-state index contributed by atoms with van der Waals surface area (Å²) in [6.07, 6.45) is -3.55. The van der Waals surface area contributed by atoms with Crippen molar-refractivity contribution in [2.75, 3.05) is 0 Å². The second-order valence-corrected chi connectivity index (χ2v) is 4.48. The van der Waals surface area contributed by atoms with Gasteiger partial charge in [0.25, 0.3) is 0 Å². The van der Waals surface area contributed by atoms with Crippen molar-refractivity contribution in [2.24, 2.45) is 0 Å². The maximum atomic E-state index is 12.7. The quantitative estimate of drug-likeness (QED) is 0.683. The van der Waals surface area contributed by atoms with Crippen molar-refractivity contribution in [3.63, 3.8) is 0 Å². The van der Waals surface area contributed by atoms with Crippen molar-refractivity contribution >= 4 is 0 Å². The lowest BCUT2D eigenvalue weighted by atomic mass is 9.85. The Bertz CT molecular complexity index is 436. The molecule has 1 aromatic rings. The molecule has 2 nitrogen and oxygen atoms in total. The Morgan fingerprint density at radius 2 is 1.81 bits per heavy atom. The van der Waals surface area contributed by atoms with Gasteiger partial charge < -0.3 is 0 Å². The van der Waals surface area contributed by atoms with Gasteiger partial charge in [-0.2, -0.15) is 18.4 Å². The molecule has 0 aliphatic carbocycles. The second-order valence-electron chi connectivity index (χ2n) is 4.48. The van der Waals surface area contributed by atoms with Crippen molar-refractivity contribution in [2.45, 2.75) is 32.4 Å². The summed E-state index contributed by atoms with van der Waals surface area (Å²) in [7, 11) is 0. The van der Waals surface area contributed by atoms with E-state index in [4.69, 9.17) is 5.26 Å². The van der Waals surface area contributed by atoms with Gasteiger partial charge in [0, 0.05) is 6.20 Å². The van der Waals surface area contributed by atoms with Crippen LogP contribution in [0.25, 0.3) is 0 Å². The Hall–Kier alpha value is -1.57. The number of halogens is 3. The van der Waals surface area contributed by atoms with E-state index >= 15 is 0 Å². The molecule has 0 aliphatic heterocycles. The van der Waals surface area contributed by atoms with Crippen molar-refractivity contribution in [1.29, 1.82) is 5.26 Å². The van der Waals surface area contributed by atoms with Crippen LogP contribution in [0.5, 0.6) is 0 Å². The fraction of sp³-hybridized carbons (Fsp3) is 0.455. The van der Waals surface area contributed by atoms with Crippen molar-refractivity contribution in [3.05, 3.63) is 29.1 Å². The van der Waals surface area contributed by atoms with Gasteiger partial charge in [0.05, 0.1) is 5.56 Å². The number of hydrogen-bond acceptors (Lipinski definition) is 2. The lowest BCUT2D eigenvalue weighted by Crippen LogP contribution is -2.21. The van der Waals surface area contributed by atoms with Gasteiger partial charge in [0.15, 0.2) is 0 Å². The fourth-order valence-corrected chi connectivity index (χ4v) is 1.32. The van der Waals surface area contributed by atoms with Crippen LogP contribution >= 0.6 is 0 Å². The van der Waals surface area contributed by atoms with Crippen LogP contribution in [-0.4, -0.2) is 4.98 Å². The molecule has 0 N–H and O–H groups in total. The molecule has 0 amide bonds. The molecule has 0 radical (unpaired) electrons. The monoisotopic (exact) mass is 228 g/mol. The minimum atomic E-state index is -4.49. The summed E-state index contributed by atoms with van der Waals surface area (Å²) in [6.45, 7) is 4.96. The van der Waals surface area contributed by atoms with Crippen LogP contribution in [0.15, 0.2) is 12.3 Å². The Kier molecular flexibility index (Phi) is 2.95. The van der Waals surface area contributed by atoms with E-state index in [0.717, 1.165) is 6.20 Å². The number of pyridine rings is 1. The molecule has 86 valence electrons. The number of rotatable bonds is 0. The SMILES string of the molecule is CC(C)(C)c1cc(C#N)cnc1C(F)(F)F. The van der Waals surface area contributed by atoms with E-state index in [2.05, 4.69) is 4.98 Å². The fourth-order valence-electron chi connectivity index (χ4n) is 1.32. The third kappa shape index (κ3) is 2.51. The van der Waals surface area contributed by atoms with Gasteiger partial charge in [-0.1, -0.05) is 20.8 Å². The third-order valence-corrected chi connectivity index (χ3v) is 2.09. The van der Waals surface area contributed by atoms with Crippen LogP contribution in [0.2, 0.25) is 0 Å². The molecule has 1 aromatic heterocycles. The first-order valence-corrected chi connectivity index (χ1v) is 4.64. The van der Waals surface area contributed by atoms with Crippen molar-refractivity contribution < 1.29 is 13.2 Å². The van der Waals surface area contributed by atoms with Crippen LogP contribution in [0, 0.1) is 11.3 Å². The first-order valence-electron chi connectivity index (χ1n) is 4.64. The molecule has 0 aliphatic rings. The maximum Gasteiger partial charge on any atom is 0.433 e. The van der Waals surface area contributed by atoms with Gasteiger partial charge in [-0.15, -0.1) is 0 Å². The highest BCUT2D eigenvalue weighted by Crippen LogP contribution is 2.36. The minimum absolute atomic E-state index is 0.0408. The highest BCUT2D eigenvalue weighted by Gasteiger charge is 2.38. The smallest absolute Gasteiger partial charge is 0.250 e. The molecule has 1 heterocycles. The normalized spacial score (nSPS) is 12.3. The van der Waals surface area contributed by atoms with E-state index in [1.165, 1.54) is 6.07 Å². The number of nitrogens with zero attached hydrogens (tertiary/aromatic N) is 2. The first kappa shape index (κ1) is 12.5. The number of aromatic nitrogens is 1. The summed E-state index contributed by atoms with van der Waals surface area (Å²) in [5.41, 5.74) is -1.44. The summed E-state index contributed by atoms with van der Waals surface area (Å²) in [4.78, 5) is 3.34. The van der Waals surface area contributed by atoms with Crippen LogP contribution < -0.4 is 0 Å². The number of alkyl halides is 3. The van der Waals surface area contributed by atoms with E-state index < -0.39 is 17.3 Å². The Morgan fingerprint density at radius 3 is 2.19 bits per heavy atom. The lowest BCUT2D eigenvalue weighted by Gasteiger charge is -2.23. The van der Waals surface area contributed by atoms with Gasteiger partial charge in [0.2, 0.25) is 0 Å². The van der Waals surface area contributed by atoms with Crippen LogP contribution in [-0.2, 0) is 11.6 Å². The summed E-state index contributed by atoms with van der Waals surface area (Å²) >= 11 is 0. The van der Waals surface area contributed by atoms with Crippen molar-refractivity contribution in [3.8, 4) is 6.07 Å². The largest absolute Gasteiger partial charge is 0.433 e. The molecule has 0 aromatic carbocycles. The average Bonchev–Trinajstić information content (AvgIpc) is 2.14. The predicted octanol–water partition coefficient (Wildman–Crippen LogP) is 3.27. The highest BCUT2D eigenvalue weighted by molar-refractivity contribution is 5.37. The zero-order valence-electron chi connectivity index (χ0n) is 9.18. The number of nitriles is 1. The standard InChI is InChI=1S/C11H11F3N2/c1-10(2,3)8-4-7(5-15)6-16-9(8)11(12,13)14/h4,6H,1-3H3. The molecule has 0 fully saturated rings. The van der Waals surface area contributed by atoms with Crippen molar-refractivity contribution in [1.82, 2.24) is 4.98 Å². The van der Waals surface area contributed by atoms with Gasteiger partial charge in [-0.25, -0.2) is 0 Å². The van der Waals surface area contributed by atoms with E-state index in [9.17, 15) is 13.2 Å². The highest BCUT2D eigenvalue weighted by atomic mass is 19.4. The maximum absolute atomic E-state index is 12.7. The molecule has 0 saturated carbocycles. The second kappa shape index (κ2) is 3.78. The molecule has 16 heavy (non-hydrogen) atoms. The van der Waals surface area contributed by atoms with E-state index in [-0.39, 0.29) is 11.1 Å². The van der Waals surface area contributed by atoms with Crippen LogP contribution in [0.1, 0.15) is 37.6 Å². The Labute approximate surface area is 91.7 Å². The molecule has 0 spiro atoms. The molecule has 1 rings (SSSR count). The summed E-state index contributed by atoms with van der Waals surface area (Å²) in [5, 5.41) is 8.65. The topological polar surface area (TPSA) is 36.7 Å². The van der Waals surface area contributed by atoms with Gasteiger partial charge in [-0.3, -0.25) is 4.98 Å². The predicted molar refractivity (Wildman–Crippen MR) is 52.7 cm³/mol. The Morgan fingerprint density at radius 1 is 1.25 bits per heavy atom. The molecule has 0 unspecified atom stereocenters. The van der Waals surface area contributed by atoms with Gasteiger partial charge in [-0.05, 0) is 17.0 Å².